The molecule has 2 rings (SSSR count). The SMILES string of the molecule is NCC1CCCCN1S(=O)(=O)NCCCC1CCCC1. The fourth-order valence-corrected chi connectivity index (χ4v) is 5.02. The Hall–Kier alpha value is -0.170. The first-order valence-corrected chi connectivity index (χ1v) is 9.54. The molecule has 0 aromatic rings. The first kappa shape index (κ1) is 16.2. The summed E-state index contributed by atoms with van der Waals surface area (Å²) in [4.78, 5) is 0. The maximum absolute atomic E-state index is 12.3. The molecule has 0 aromatic heterocycles. The van der Waals surface area contributed by atoms with Crippen molar-refractivity contribution < 1.29 is 8.42 Å². The highest BCUT2D eigenvalue weighted by Gasteiger charge is 2.30. The maximum atomic E-state index is 12.3. The molecule has 0 aromatic carbocycles. The largest absolute Gasteiger partial charge is 0.329 e. The number of piperidine rings is 1. The van der Waals surface area contributed by atoms with Crippen molar-refractivity contribution in [2.75, 3.05) is 19.6 Å². The Morgan fingerprint density at radius 1 is 1.10 bits per heavy atom. The van der Waals surface area contributed by atoms with E-state index in [0.29, 0.717) is 19.6 Å². The van der Waals surface area contributed by atoms with Crippen LogP contribution in [0.25, 0.3) is 0 Å². The quantitative estimate of drug-likeness (QED) is 0.702. The summed E-state index contributed by atoms with van der Waals surface area (Å²) in [5, 5.41) is 0. The van der Waals surface area contributed by atoms with Crippen molar-refractivity contribution in [3.05, 3.63) is 0 Å². The fourth-order valence-electron chi connectivity index (χ4n) is 3.50. The standard InChI is InChI=1S/C14H29N3O2S/c15-12-14-9-3-4-11-17(14)20(18,19)16-10-5-8-13-6-1-2-7-13/h13-14,16H,1-12,15H2. The van der Waals surface area contributed by atoms with Crippen molar-refractivity contribution >= 4 is 10.2 Å². The van der Waals surface area contributed by atoms with Gasteiger partial charge in [0.25, 0.3) is 10.2 Å². The van der Waals surface area contributed by atoms with Crippen LogP contribution in [0.1, 0.15) is 57.8 Å². The second kappa shape index (κ2) is 7.73. The molecule has 2 fully saturated rings. The van der Waals surface area contributed by atoms with Crippen molar-refractivity contribution in [3.8, 4) is 0 Å². The molecule has 0 spiro atoms. The molecule has 1 unspecified atom stereocenters. The summed E-state index contributed by atoms with van der Waals surface area (Å²) in [6.45, 7) is 1.59. The molecule has 2 aliphatic rings. The fraction of sp³-hybridized carbons (Fsp3) is 1.00. The number of nitrogens with one attached hydrogen (secondary N) is 1. The number of hydrogen-bond donors (Lipinski definition) is 2. The summed E-state index contributed by atoms with van der Waals surface area (Å²) in [5.74, 6) is 0.825. The number of hydrogen-bond acceptors (Lipinski definition) is 3. The van der Waals surface area contributed by atoms with Gasteiger partial charge in [-0.1, -0.05) is 32.1 Å². The van der Waals surface area contributed by atoms with E-state index in [2.05, 4.69) is 4.72 Å². The van der Waals surface area contributed by atoms with Gasteiger partial charge < -0.3 is 5.73 Å². The second-order valence-corrected chi connectivity index (χ2v) is 7.90. The Morgan fingerprint density at radius 3 is 2.50 bits per heavy atom. The molecular formula is C14H29N3O2S. The Labute approximate surface area is 123 Å². The van der Waals surface area contributed by atoms with Gasteiger partial charge in [0.05, 0.1) is 0 Å². The third-order valence-electron chi connectivity index (χ3n) is 4.70. The maximum Gasteiger partial charge on any atom is 0.279 e. The lowest BCUT2D eigenvalue weighted by atomic mass is 10.0. The predicted molar refractivity (Wildman–Crippen MR) is 81.5 cm³/mol. The lowest BCUT2D eigenvalue weighted by Crippen LogP contribution is -2.51. The second-order valence-electron chi connectivity index (χ2n) is 6.19. The molecule has 20 heavy (non-hydrogen) atoms. The minimum Gasteiger partial charge on any atom is -0.329 e. The van der Waals surface area contributed by atoms with Gasteiger partial charge in [-0.2, -0.15) is 12.7 Å². The van der Waals surface area contributed by atoms with E-state index >= 15 is 0 Å². The van der Waals surface area contributed by atoms with Gasteiger partial charge in [0.1, 0.15) is 0 Å². The van der Waals surface area contributed by atoms with E-state index in [4.69, 9.17) is 5.73 Å². The van der Waals surface area contributed by atoms with Gasteiger partial charge >= 0.3 is 0 Å². The first-order valence-electron chi connectivity index (χ1n) is 8.10. The van der Waals surface area contributed by atoms with Crippen molar-refractivity contribution in [1.29, 1.82) is 0 Å². The van der Waals surface area contributed by atoms with Gasteiger partial charge in [-0.15, -0.1) is 0 Å². The lowest BCUT2D eigenvalue weighted by Gasteiger charge is -2.33. The average Bonchev–Trinajstić information content (AvgIpc) is 2.97. The van der Waals surface area contributed by atoms with Crippen LogP contribution in [0.15, 0.2) is 0 Å². The van der Waals surface area contributed by atoms with Crippen molar-refractivity contribution in [2.45, 2.75) is 63.8 Å². The number of rotatable bonds is 7. The van der Waals surface area contributed by atoms with Gasteiger partial charge in [-0.3, -0.25) is 0 Å². The third kappa shape index (κ3) is 4.41. The molecule has 1 heterocycles. The molecule has 0 amide bonds. The predicted octanol–water partition coefficient (Wildman–Crippen LogP) is 1.60. The monoisotopic (exact) mass is 303 g/mol. The van der Waals surface area contributed by atoms with Gasteiger partial charge in [0.15, 0.2) is 0 Å². The molecule has 1 saturated carbocycles. The van der Waals surface area contributed by atoms with E-state index in [1.165, 1.54) is 25.7 Å². The van der Waals surface area contributed by atoms with E-state index < -0.39 is 10.2 Å². The van der Waals surface area contributed by atoms with Gasteiger partial charge in [0, 0.05) is 25.7 Å². The Balaban J connectivity index is 1.74. The summed E-state index contributed by atoms with van der Waals surface area (Å²) < 4.78 is 29.0. The molecule has 0 radical (unpaired) electrons. The first-order chi connectivity index (χ1) is 9.63. The van der Waals surface area contributed by atoms with E-state index in [1.807, 2.05) is 0 Å². The van der Waals surface area contributed by atoms with Crippen LogP contribution >= 0.6 is 0 Å². The molecular weight excluding hydrogens is 274 g/mol. The summed E-state index contributed by atoms with van der Waals surface area (Å²) in [6, 6.07) is -0.0175. The smallest absolute Gasteiger partial charge is 0.279 e. The molecule has 1 saturated heterocycles. The number of nitrogens with two attached hydrogens (primary N) is 1. The summed E-state index contributed by atoms with van der Waals surface area (Å²) >= 11 is 0. The highest BCUT2D eigenvalue weighted by molar-refractivity contribution is 7.87. The Bertz CT molecular complexity index is 380. The number of nitrogens with zero attached hydrogens (tertiary/aromatic N) is 1. The minimum atomic E-state index is -3.34. The molecule has 1 aliphatic carbocycles. The van der Waals surface area contributed by atoms with Crippen molar-refractivity contribution in [2.24, 2.45) is 11.7 Å². The summed E-state index contributed by atoms with van der Waals surface area (Å²) in [5.41, 5.74) is 5.69. The highest BCUT2D eigenvalue weighted by Crippen LogP contribution is 2.28. The Kier molecular flexibility index (Phi) is 6.26. The highest BCUT2D eigenvalue weighted by atomic mass is 32.2. The van der Waals surface area contributed by atoms with Crippen LogP contribution < -0.4 is 10.5 Å². The van der Waals surface area contributed by atoms with E-state index in [0.717, 1.165) is 38.0 Å². The van der Waals surface area contributed by atoms with E-state index in [9.17, 15) is 8.42 Å². The summed E-state index contributed by atoms with van der Waals surface area (Å²) in [6.07, 6.45) is 10.4. The van der Waals surface area contributed by atoms with E-state index in [1.54, 1.807) is 4.31 Å². The van der Waals surface area contributed by atoms with Gasteiger partial charge in [0.2, 0.25) is 0 Å². The molecule has 1 atom stereocenters. The molecule has 6 heteroatoms. The lowest BCUT2D eigenvalue weighted by molar-refractivity contribution is 0.254. The normalized spacial score (nSPS) is 26.1. The Morgan fingerprint density at radius 2 is 1.80 bits per heavy atom. The topological polar surface area (TPSA) is 75.4 Å². The van der Waals surface area contributed by atoms with Crippen molar-refractivity contribution in [1.82, 2.24) is 9.03 Å². The zero-order valence-corrected chi connectivity index (χ0v) is 13.2. The zero-order valence-electron chi connectivity index (χ0n) is 12.4. The summed E-state index contributed by atoms with van der Waals surface area (Å²) in [7, 11) is -3.34. The zero-order chi connectivity index (χ0) is 14.4. The molecule has 118 valence electrons. The van der Waals surface area contributed by atoms with Crippen LogP contribution in [0.3, 0.4) is 0 Å². The van der Waals surface area contributed by atoms with Crippen LogP contribution in [-0.4, -0.2) is 38.4 Å². The van der Waals surface area contributed by atoms with Gasteiger partial charge in [-0.25, -0.2) is 4.72 Å². The van der Waals surface area contributed by atoms with E-state index in [-0.39, 0.29) is 6.04 Å². The molecule has 0 bridgehead atoms. The van der Waals surface area contributed by atoms with Crippen LogP contribution in [0.2, 0.25) is 0 Å². The molecule has 5 nitrogen and oxygen atoms in total. The van der Waals surface area contributed by atoms with Crippen molar-refractivity contribution in [3.63, 3.8) is 0 Å². The van der Waals surface area contributed by atoms with Crippen LogP contribution in [0.5, 0.6) is 0 Å². The van der Waals surface area contributed by atoms with Crippen LogP contribution in [0.4, 0.5) is 0 Å². The minimum absolute atomic E-state index is 0.0175. The third-order valence-corrected chi connectivity index (χ3v) is 6.37. The van der Waals surface area contributed by atoms with Crippen LogP contribution in [0, 0.1) is 5.92 Å². The van der Waals surface area contributed by atoms with Crippen LogP contribution in [-0.2, 0) is 10.2 Å². The van der Waals surface area contributed by atoms with Gasteiger partial charge in [-0.05, 0) is 31.6 Å². The molecule has 3 N–H and O–H groups in total. The molecule has 1 aliphatic heterocycles. The average molecular weight is 303 g/mol.